The normalized spacial score (nSPS) is 16.3. The summed E-state index contributed by atoms with van der Waals surface area (Å²) in [6.45, 7) is -0.0355. The van der Waals surface area contributed by atoms with Crippen LogP contribution in [0.5, 0.6) is 5.75 Å². The summed E-state index contributed by atoms with van der Waals surface area (Å²) < 4.78 is 5.32. The van der Waals surface area contributed by atoms with E-state index in [1.807, 2.05) is 24.3 Å². The highest BCUT2D eigenvalue weighted by molar-refractivity contribution is 5.94. The first kappa shape index (κ1) is 15.6. The van der Waals surface area contributed by atoms with Gasteiger partial charge in [-0.25, -0.2) is 0 Å². The number of carbonyl (C=O) groups excluding carboxylic acids is 1. The van der Waals surface area contributed by atoms with Gasteiger partial charge in [0, 0.05) is 5.56 Å². The van der Waals surface area contributed by atoms with Crippen LogP contribution in [0.2, 0.25) is 0 Å². The molecule has 0 saturated heterocycles. The van der Waals surface area contributed by atoms with Gasteiger partial charge < -0.3 is 15.2 Å². The third-order valence-corrected chi connectivity index (χ3v) is 4.45. The van der Waals surface area contributed by atoms with E-state index in [4.69, 9.17) is 4.74 Å². The van der Waals surface area contributed by atoms with Crippen molar-refractivity contribution in [2.75, 3.05) is 13.7 Å². The fraction of sp³-hybridized carbons (Fsp3) is 0.412. The number of benzene rings is 1. The summed E-state index contributed by atoms with van der Waals surface area (Å²) >= 11 is 0. The van der Waals surface area contributed by atoms with Crippen LogP contribution in [0.15, 0.2) is 30.3 Å². The molecule has 1 saturated carbocycles. The molecule has 0 radical (unpaired) electrons. The van der Waals surface area contributed by atoms with Gasteiger partial charge in [-0.15, -0.1) is 0 Å². The van der Waals surface area contributed by atoms with Crippen molar-refractivity contribution in [1.29, 1.82) is 0 Å². The second kappa shape index (κ2) is 6.42. The quantitative estimate of drug-likeness (QED) is 0.789. The summed E-state index contributed by atoms with van der Waals surface area (Å²) in [5.41, 5.74) is 1.36. The van der Waals surface area contributed by atoms with Gasteiger partial charge in [0.15, 0.2) is 0 Å². The van der Waals surface area contributed by atoms with Crippen molar-refractivity contribution in [3.8, 4) is 17.0 Å². The van der Waals surface area contributed by atoms with Crippen molar-refractivity contribution in [2.24, 2.45) is 0 Å². The Morgan fingerprint density at radius 3 is 2.83 bits per heavy atom. The summed E-state index contributed by atoms with van der Waals surface area (Å²) in [5, 5.41) is 19.5. The van der Waals surface area contributed by atoms with E-state index in [1.165, 1.54) is 0 Å². The van der Waals surface area contributed by atoms with Gasteiger partial charge in [0.2, 0.25) is 0 Å². The molecule has 1 heterocycles. The molecule has 1 aliphatic carbocycles. The topological polar surface area (TPSA) is 87.2 Å². The second-order valence-electron chi connectivity index (χ2n) is 5.97. The van der Waals surface area contributed by atoms with Crippen LogP contribution in [-0.2, 0) is 0 Å². The number of aromatic amines is 1. The molecule has 23 heavy (non-hydrogen) atoms. The Labute approximate surface area is 134 Å². The minimum Gasteiger partial charge on any atom is -0.496 e. The summed E-state index contributed by atoms with van der Waals surface area (Å²) in [4.78, 5) is 12.4. The molecular weight excluding hydrogens is 294 g/mol. The highest BCUT2D eigenvalue weighted by Gasteiger charge is 2.35. The molecule has 0 spiro atoms. The van der Waals surface area contributed by atoms with Crippen molar-refractivity contribution in [2.45, 2.75) is 31.2 Å². The van der Waals surface area contributed by atoms with E-state index in [0.29, 0.717) is 17.1 Å². The number of hydrogen-bond acceptors (Lipinski definition) is 4. The van der Waals surface area contributed by atoms with Crippen LogP contribution < -0.4 is 10.1 Å². The monoisotopic (exact) mass is 315 g/mol. The largest absolute Gasteiger partial charge is 0.496 e. The van der Waals surface area contributed by atoms with Crippen LogP contribution in [0.3, 0.4) is 0 Å². The highest BCUT2D eigenvalue weighted by Crippen LogP contribution is 2.30. The average Bonchev–Trinajstić information content (AvgIpc) is 3.24. The van der Waals surface area contributed by atoms with Crippen LogP contribution in [0.4, 0.5) is 0 Å². The lowest BCUT2D eigenvalue weighted by Gasteiger charge is -2.27. The number of para-hydroxylation sites is 1. The van der Waals surface area contributed by atoms with Gasteiger partial charge in [0.25, 0.3) is 5.91 Å². The van der Waals surface area contributed by atoms with Gasteiger partial charge in [-0.1, -0.05) is 25.0 Å². The SMILES string of the molecule is COc1ccccc1-c1cc(C(=O)NC2(CO)CCCC2)[nH]n1. The molecule has 0 unspecified atom stereocenters. The first-order valence-electron chi connectivity index (χ1n) is 7.80. The Hall–Kier alpha value is -2.34. The molecular formula is C17H21N3O3. The third-order valence-electron chi connectivity index (χ3n) is 4.45. The summed E-state index contributed by atoms with van der Waals surface area (Å²) in [6.07, 6.45) is 3.66. The standard InChI is InChI=1S/C17H21N3O3/c1-23-15-7-3-2-6-12(15)13-10-14(20-19-13)16(22)18-17(11-21)8-4-5-9-17/h2-3,6-7,10,21H,4-5,8-9,11H2,1H3,(H,18,22)(H,19,20). The maximum atomic E-state index is 12.4. The van der Waals surface area contributed by atoms with Crippen molar-refractivity contribution in [3.05, 3.63) is 36.0 Å². The zero-order valence-corrected chi connectivity index (χ0v) is 13.1. The number of aromatic nitrogens is 2. The number of aliphatic hydroxyl groups is 1. The van der Waals surface area contributed by atoms with E-state index in [1.54, 1.807) is 13.2 Å². The third kappa shape index (κ3) is 3.07. The van der Waals surface area contributed by atoms with Crippen LogP contribution in [0, 0.1) is 0 Å². The lowest BCUT2D eigenvalue weighted by Crippen LogP contribution is -2.49. The van der Waals surface area contributed by atoms with Gasteiger partial charge in [-0.3, -0.25) is 9.89 Å². The fourth-order valence-corrected chi connectivity index (χ4v) is 3.11. The van der Waals surface area contributed by atoms with Crippen molar-refractivity contribution in [3.63, 3.8) is 0 Å². The summed E-state index contributed by atoms with van der Waals surface area (Å²) in [5.74, 6) is 0.461. The number of nitrogens with one attached hydrogen (secondary N) is 2. The maximum Gasteiger partial charge on any atom is 0.269 e. The molecule has 6 heteroatoms. The molecule has 6 nitrogen and oxygen atoms in total. The Balaban J connectivity index is 1.80. The first-order valence-corrected chi connectivity index (χ1v) is 7.80. The molecule has 122 valence electrons. The number of aliphatic hydroxyl groups excluding tert-OH is 1. The molecule has 1 aromatic heterocycles. The molecule has 1 fully saturated rings. The first-order chi connectivity index (χ1) is 11.2. The van der Waals surface area contributed by atoms with Crippen LogP contribution in [0.25, 0.3) is 11.3 Å². The Bertz CT molecular complexity index is 690. The van der Waals surface area contributed by atoms with E-state index >= 15 is 0 Å². The Morgan fingerprint density at radius 2 is 2.13 bits per heavy atom. The predicted molar refractivity (Wildman–Crippen MR) is 86.3 cm³/mol. The number of amides is 1. The fourth-order valence-electron chi connectivity index (χ4n) is 3.11. The van der Waals surface area contributed by atoms with E-state index in [-0.39, 0.29) is 12.5 Å². The van der Waals surface area contributed by atoms with Gasteiger partial charge in [0.1, 0.15) is 11.4 Å². The Morgan fingerprint density at radius 1 is 1.39 bits per heavy atom. The van der Waals surface area contributed by atoms with Crippen LogP contribution in [0.1, 0.15) is 36.2 Å². The molecule has 1 amide bonds. The second-order valence-corrected chi connectivity index (χ2v) is 5.97. The van der Waals surface area contributed by atoms with Crippen LogP contribution in [-0.4, -0.2) is 40.5 Å². The lowest BCUT2D eigenvalue weighted by atomic mass is 9.98. The number of rotatable bonds is 5. The smallest absolute Gasteiger partial charge is 0.269 e. The lowest BCUT2D eigenvalue weighted by molar-refractivity contribution is 0.0833. The molecule has 0 bridgehead atoms. The van der Waals surface area contributed by atoms with Crippen molar-refractivity contribution < 1.29 is 14.6 Å². The zero-order chi connectivity index (χ0) is 16.3. The molecule has 0 atom stereocenters. The van der Waals surface area contributed by atoms with Gasteiger partial charge in [0.05, 0.1) is 24.9 Å². The van der Waals surface area contributed by atoms with E-state index in [9.17, 15) is 9.90 Å². The number of carbonyl (C=O) groups is 1. The molecule has 3 N–H and O–H groups in total. The summed E-state index contributed by atoms with van der Waals surface area (Å²) in [6, 6.07) is 9.22. The molecule has 3 rings (SSSR count). The number of H-pyrrole nitrogens is 1. The Kier molecular flexibility index (Phi) is 4.34. The molecule has 1 aromatic carbocycles. The average molecular weight is 315 g/mol. The van der Waals surface area contributed by atoms with Gasteiger partial charge in [-0.2, -0.15) is 5.10 Å². The van der Waals surface area contributed by atoms with Crippen LogP contribution >= 0.6 is 0 Å². The summed E-state index contributed by atoms with van der Waals surface area (Å²) in [7, 11) is 1.60. The number of nitrogens with zero attached hydrogens (tertiary/aromatic N) is 1. The maximum absolute atomic E-state index is 12.4. The number of hydrogen-bond donors (Lipinski definition) is 3. The minimum atomic E-state index is -0.493. The van der Waals surface area contributed by atoms with Crippen molar-refractivity contribution in [1.82, 2.24) is 15.5 Å². The van der Waals surface area contributed by atoms with E-state index < -0.39 is 5.54 Å². The van der Waals surface area contributed by atoms with E-state index in [0.717, 1.165) is 31.2 Å². The molecule has 1 aliphatic rings. The minimum absolute atomic E-state index is 0.0355. The van der Waals surface area contributed by atoms with Crippen molar-refractivity contribution >= 4 is 5.91 Å². The van der Waals surface area contributed by atoms with Gasteiger partial charge >= 0.3 is 0 Å². The molecule has 0 aliphatic heterocycles. The van der Waals surface area contributed by atoms with E-state index in [2.05, 4.69) is 15.5 Å². The number of methoxy groups -OCH3 is 1. The molecule has 2 aromatic rings. The predicted octanol–water partition coefficient (Wildman–Crippen LogP) is 2.12. The zero-order valence-electron chi connectivity index (χ0n) is 13.1. The van der Waals surface area contributed by atoms with Gasteiger partial charge in [-0.05, 0) is 31.0 Å². The highest BCUT2D eigenvalue weighted by atomic mass is 16.5. The number of ether oxygens (including phenoxy) is 1.